The Labute approximate surface area is 322 Å². The zero-order chi connectivity index (χ0) is 37.0. The highest BCUT2D eigenvalue weighted by Gasteiger charge is 2.19. The third-order valence-corrected chi connectivity index (χ3v) is 10.6. The van der Waals surface area contributed by atoms with Gasteiger partial charge in [0.05, 0.1) is 5.56 Å². The van der Waals surface area contributed by atoms with Crippen molar-refractivity contribution in [3.8, 4) is 67.5 Å². The molecular formula is C51H31N3O2. The Morgan fingerprint density at radius 3 is 1.54 bits per heavy atom. The minimum atomic E-state index is 0.534. The van der Waals surface area contributed by atoms with Gasteiger partial charge in [0.2, 0.25) is 0 Å². The molecule has 11 rings (SSSR count). The van der Waals surface area contributed by atoms with Gasteiger partial charge in [-0.25, -0.2) is 15.0 Å². The van der Waals surface area contributed by atoms with E-state index in [1.54, 1.807) is 0 Å². The molecule has 0 bridgehead atoms. The zero-order valence-corrected chi connectivity index (χ0v) is 30.1. The monoisotopic (exact) mass is 717 g/mol. The predicted molar refractivity (Wildman–Crippen MR) is 227 cm³/mol. The Bertz CT molecular complexity index is 3220. The van der Waals surface area contributed by atoms with Gasteiger partial charge in [0.25, 0.3) is 0 Å². The molecule has 5 heteroatoms. The summed E-state index contributed by atoms with van der Waals surface area (Å²) in [6.45, 7) is 0. The second-order valence-corrected chi connectivity index (χ2v) is 14.0. The van der Waals surface area contributed by atoms with Gasteiger partial charge in [0.15, 0.2) is 17.5 Å². The summed E-state index contributed by atoms with van der Waals surface area (Å²) in [5, 5.41) is 4.19. The summed E-state index contributed by atoms with van der Waals surface area (Å²) in [5.74, 6) is 1.65. The van der Waals surface area contributed by atoms with Crippen molar-refractivity contribution in [2.45, 2.75) is 0 Å². The maximum atomic E-state index is 6.50. The average molecular weight is 718 g/mol. The van der Waals surface area contributed by atoms with E-state index in [-0.39, 0.29) is 0 Å². The molecule has 0 fully saturated rings. The fourth-order valence-electron chi connectivity index (χ4n) is 7.80. The molecule has 0 aliphatic heterocycles. The molecule has 0 atom stereocenters. The van der Waals surface area contributed by atoms with Crippen LogP contribution in [0.15, 0.2) is 197 Å². The molecule has 0 amide bonds. The van der Waals surface area contributed by atoms with Gasteiger partial charge in [-0.05, 0) is 63.7 Å². The van der Waals surface area contributed by atoms with Crippen molar-refractivity contribution >= 4 is 43.9 Å². The summed E-state index contributed by atoms with van der Waals surface area (Å²) in [6, 6.07) is 64.6. The maximum absolute atomic E-state index is 6.50. The summed E-state index contributed by atoms with van der Waals surface area (Å²) in [5.41, 5.74) is 12.6. The molecule has 0 radical (unpaired) electrons. The predicted octanol–water partition coefficient (Wildman–Crippen LogP) is 13.7. The number of para-hydroxylation sites is 2. The van der Waals surface area contributed by atoms with E-state index in [1.165, 1.54) is 11.1 Å². The van der Waals surface area contributed by atoms with Gasteiger partial charge in [0.1, 0.15) is 22.3 Å². The van der Waals surface area contributed by atoms with Crippen molar-refractivity contribution in [2.75, 3.05) is 0 Å². The van der Waals surface area contributed by atoms with Crippen LogP contribution in [0.1, 0.15) is 0 Å². The van der Waals surface area contributed by atoms with Gasteiger partial charge in [-0.1, -0.05) is 158 Å². The van der Waals surface area contributed by atoms with Crippen molar-refractivity contribution in [3.63, 3.8) is 0 Å². The topological polar surface area (TPSA) is 65.0 Å². The first-order valence-electron chi connectivity index (χ1n) is 18.7. The first kappa shape index (κ1) is 31.9. The minimum Gasteiger partial charge on any atom is -0.456 e. The van der Waals surface area contributed by atoms with Crippen LogP contribution in [0, 0.1) is 0 Å². The molecular weight excluding hydrogens is 687 g/mol. The Balaban J connectivity index is 1.04. The van der Waals surface area contributed by atoms with E-state index in [4.69, 9.17) is 23.8 Å². The number of furan rings is 2. The van der Waals surface area contributed by atoms with E-state index in [2.05, 4.69) is 127 Å². The molecule has 8 aromatic carbocycles. The lowest BCUT2D eigenvalue weighted by Gasteiger charge is -2.10. The largest absolute Gasteiger partial charge is 0.456 e. The molecule has 0 spiro atoms. The smallest absolute Gasteiger partial charge is 0.167 e. The second-order valence-electron chi connectivity index (χ2n) is 14.0. The van der Waals surface area contributed by atoms with Crippen LogP contribution in [0.3, 0.4) is 0 Å². The summed E-state index contributed by atoms with van der Waals surface area (Å²) in [4.78, 5) is 15.3. The Hall–Kier alpha value is -7.63. The highest BCUT2D eigenvalue weighted by molar-refractivity contribution is 6.13. The van der Waals surface area contributed by atoms with Gasteiger partial charge in [-0.15, -0.1) is 0 Å². The molecule has 3 heterocycles. The first-order valence-corrected chi connectivity index (χ1v) is 18.7. The fourth-order valence-corrected chi connectivity index (χ4v) is 7.80. The van der Waals surface area contributed by atoms with E-state index in [0.717, 1.165) is 82.8 Å². The summed E-state index contributed by atoms with van der Waals surface area (Å²) in [7, 11) is 0. The molecule has 0 aliphatic carbocycles. The van der Waals surface area contributed by atoms with Crippen molar-refractivity contribution in [3.05, 3.63) is 188 Å². The minimum absolute atomic E-state index is 0.534. The van der Waals surface area contributed by atoms with Gasteiger partial charge in [-0.3, -0.25) is 0 Å². The van der Waals surface area contributed by atoms with Crippen LogP contribution < -0.4 is 0 Å². The molecule has 3 aromatic heterocycles. The van der Waals surface area contributed by atoms with Crippen LogP contribution in [0.5, 0.6) is 0 Å². The van der Waals surface area contributed by atoms with Crippen LogP contribution in [0.4, 0.5) is 0 Å². The number of nitrogens with zero attached hydrogens (tertiary/aromatic N) is 3. The van der Waals surface area contributed by atoms with Crippen molar-refractivity contribution in [1.29, 1.82) is 0 Å². The third kappa shape index (κ3) is 5.45. The van der Waals surface area contributed by atoms with Crippen LogP contribution in [-0.4, -0.2) is 15.0 Å². The van der Waals surface area contributed by atoms with E-state index in [9.17, 15) is 0 Å². The second kappa shape index (κ2) is 13.0. The summed E-state index contributed by atoms with van der Waals surface area (Å²) >= 11 is 0. The number of fused-ring (bicyclic) bond motifs is 6. The van der Waals surface area contributed by atoms with Crippen molar-refractivity contribution < 1.29 is 8.83 Å². The third-order valence-electron chi connectivity index (χ3n) is 10.6. The van der Waals surface area contributed by atoms with Gasteiger partial charge >= 0.3 is 0 Å². The average Bonchev–Trinajstić information content (AvgIpc) is 3.85. The van der Waals surface area contributed by atoms with Gasteiger partial charge in [0, 0.05) is 32.7 Å². The van der Waals surface area contributed by atoms with Crippen molar-refractivity contribution in [1.82, 2.24) is 15.0 Å². The lowest BCUT2D eigenvalue weighted by atomic mass is 9.99. The summed E-state index contributed by atoms with van der Waals surface area (Å²) < 4.78 is 13.0. The number of benzene rings is 8. The molecule has 262 valence electrons. The van der Waals surface area contributed by atoms with E-state index in [1.807, 2.05) is 60.7 Å². The number of rotatable bonds is 6. The zero-order valence-electron chi connectivity index (χ0n) is 30.1. The molecule has 0 saturated carbocycles. The van der Waals surface area contributed by atoms with E-state index in [0.29, 0.717) is 17.5 Å². The Morgan fingerprint density at radius 1 is 0.286 bits per heavy atom. The standard InChI is InChI=1S/C51H31N3O2/c1-3-11-32(12-4-1)33-21-23-34(24-22-33)35-25-27-37(28-26-35)49-52-50(54-51(53-49)43-18-9-17-41-40-15-7-8-19-44(40)56-48(41)43)38-29-30-42-46(31-38)55-45-20-10-16-39(47(42)45)36-13-5-2-6-14-36/h1-31H. The normalized spacial score (nSPS) is 11.6. The van der Waals surface area contributed by atoms with Crippen molar-refractivity contribution in [2.24, 2.45) is 0 Å². The summed E-state index contributed by atoms with van der Waals surface area (Å²) in [6.07, 6.45) is 0. The Kier molecular flexibility index (Phi) is 7.42. The van der Waals surface area contributed by atoms with Crippen LogP contribution in [0.2, 0.25) is 0 Å². The quantitative estimate of drug-likeness (QED) is 0.171. The number of hydrogen-bond donors (Lipinski definition) is 0. The molecule has 0 N–H and O–H groups in total. The molecule has 0 unspecified atom stereocenters. The van der Waals surface area contributed by atoms with E-state index >= 15 is 0 Å². The number of hydrogen-bond acceptors (Lipinski definition) is 5. The lowest BCUT2D eigenvalue weighted by molar-refractivity contribution is 0.668. The number of aromatic nitrogens is 3. The van der Waals surface area contributed by atoms with Gasteiger partial charge in [-0.2, -0.15) is 0 Å². The maximum Gasteiger partial charge on any atom is 0.167 e. The van der Waals surface area contributed by atoms with Gasteiger partial charge < -0.3 is 8.83 Å². The fraction of sp³-hybridized carbons (Fsp3) is 0. The van der Waals surface area contributed by atoms with Crippen LogP contribution >= 0.6 is 0 Å². The SMILES string of the molecule is c1ccc(-c2ccc(-c3ccc(-c4nc(-c5ccc6c(c5)oc5cccc(-c7ccccc7)c56)nc(-c5cccc6c5oc5ccccc56)n4)cc3)cc2)cc1. The molecule has 0 saturated heterocycles. The molecule has 5 nitrogen and oxygen atoms in total. The highest BCUT2D eigenvalue weighted by atomic mass is 16.3. The van der Waals surface area contributed by atoms with Crippen LogP contribution in [-0.2, 0) is 0 Å². The lowest BCUT2D eigenvalue weighted by Crippen LogP contribution is -2.00. The highest BCUT2D eigenvalue weighted by Crippen LogP contribution is 2.39. The molecule has 11 aromatic rings. The first-order chi connectivity index (χ1) is 27.7. The van der Waals surface area contributed by atoms with E-state index < -0.39 is 0 Å². The Morgan fingerprint density at radius 2 is 0.804 bits per heavy atom. The van der Waals surface area contributed by atoms with Crippen LogP contribution in [0.25, 0.3) is 111 Å². The molecule has 0 aliphatic rings. The molecule has 56 heavy (non-hydrogen) atoms.